The van der Waals surface area contributed by atoms with Gasteiger partial charge in [-0.25, -0.2) is 4.39 Å². The summed E-state index contributed by atoms with van der Waals surface area (Å²) in [7, 11) is 0. The number of imide groups is 1. The third-order valence-corrected chi connectivity index (χ3v) is 5.88. The molecule has 32 heavy (non-hydrogen) atoms. The van der Waals surface area contributed by atoms with Gasteiger partial charge in [-0.15, -0.1) is 0 Å². The summed E-state index contributed by atoms with van der Waals surface area (Å²) in [6.45, 7) is 5.91. The van der Waals surface area contributed by atoms with Crippen LogP contribution < -0.4 is 5.32 Å². The fourth-order valence-corrected chi connectivity index (χ4v) is 3.77. The van der Waals surface area contributed by atoms with Gasteiger partial charge in [0.25, 0.3) is 11.8 Å². The number of hydrogen-bond donors (Lipinski definition) is 1. The fourth-order valence-electron chi connectivity index (χ4n) is 3.77. The Labute approximate surface area is 187 Å². The van der Waals surface area contributed by atoms with Gasteiger partial charge in [0.1, 0.15) is 11.5 Å². The quantitative estimate of drug-likeness (QED) is 0.535. The van der Waals surface area contributed by atoms with Crippen molar-refractivity contribution in [2.45, 2.75) is 33.7 Å². The summed E-state index contributed by atoms with van der Waals surface area (Å²) >= 11 is 0. The van der Waals surface area contributed by atoms with Crippen LogP contribution in [0, 0.1) is 19.7 Å². The van der Waals surface area contributed by atoms with E-state index in [1.165, 1.54) is 11.6 Å². The molecule has 0 bridgehead atoms. The summed E-state index contributed by atoms with van der Waals surface area (Å²) in [5.41, 5.74) is 5.47. The van der Waals surface area contributed by atoms with Gasteiger partial charge in [-0.3, -0.25) is 14.5 Å². The number of benzene rings is 3. The normalized spacial score (nSPS) is 13.8. The highest BCUT2D eigenvalue weighted by atomic mass is 19.1. The van der Waals surface area contributed by atoms with Crippen LogP contribution in [-0.2, 0) is 22.6 Å². The Hall–Kier alpha value is -3.73. The van der Waals surface area contributed by atoms with Crippen LogP contribution in [0.2, 0.25) is 0 Å². The number of aryl methyl sites for hydroxylation is 3. The van der Waals surface area contributed by atoms with E-state index < -0.39 is 17.6 Å². The molecule has 0 fully saturated rings. The lowest BCUT2D eigenvalue weighted by Gasteiger charge is -2.16. The van der Waals surface area contributed by atoms with Crippen molar-refractivity contribution in [3.8, 4) is 0 Å². The van der Waals surface area contributed by atoms with Crippen LogP contribution in [0.5, 0.6) is 0 Å². The van der Waals surface area contributed by atoms with Crippen molar-refractivity contribution in [1.29, 1.82) is 0 Å². The van der Waals surface area contributed by atoms with E-state index in [0.29, 0.717) is 22.4 Å². The molecule has 162 valence electrons. The number of amides is 2. The van der Waals surface area contributed by atoms with Crippen LogP contribution in [0.3, 0.4) is 0 Å². The summed E-state index contributed by atoms with van der Waals surface area (Å²) in [5.74, 6) is -1.35. The Morgan fingerprint density at radius 1 is 0.875 bits per heavy atom. The van der Waals surface area contributed by atoms with Crippen LogP contribution in [0.4, 0.5) is 10.1 Å². The summed E-state index contributed by atoms with van der Waals surface area (Å²) < 4.78 is 14.3. The second kappa shape index (κ2) is 8.79. The molecule has 0 radical (unpaired) electrons. The molecule has 1 heterocycles. The lowest BCUT2D eigenvalue weighted by atomic mass is 9.99. The van der Waals surface area contributed by atoms with E-state index in [-0.39, 0.29) is 12.2 Å². The molecule has 0 saturated heterocycles. The zero-order valence-corrected chi connectivity index (χ0v) is 18.4. The number of carbonyl (C=O) groups is 2. The van der Waals surface area contributed by atoms with Gasteiger partial charge in [0.2, 0.25) is 0 Å². The third-order valence-electron chi connectivity index (χ3n) is 5.88. The van der Waals surface area contributed by atoms with Gasteiger partial charge >= 0.3 is 0 Å². The molecule has 1 aliphatic heterocycles. The van der Waals surface area contributed by atoms with E-state index in [0.717, 1.165) is 22.4 Å². The highest BCUT2D eigenvalue weighted by molar-refractivity contribution is 6.36. The highest BCUT2D eigenvalue weighted by Crippen LogP contribution is 2.32. The monoisotopic (exact) mass is 428 g/mol. The van der Waals surface area contributed by atoms with Crippen molar-refractivity contribution in [1.82, 2.24) is 4.90 Å². The Morgan fingerprint density at radius 3 is 2.25 bits per heavy atom. The van der Waals surface area contributed by atoms with E-state index in [2.05, 4.69) is 12.2 Å². The average Bonchev–Trinajstić information content (AvgIpc) is 3.02. The molecule has 0 aromatic heterocycles. The maximum atomic E-state index is 14.3. The molecule has 0 atom stereocenters. The summed E-state index contributed by atoms with van der Waals surface area (Å²) in [5, 5.41) is 3.16. The number of nitrogens with one attached hydrogen (secondary N) is 1. The van der Waals surface area contributed by atoms with E-state index in [1.54, 1.807) is 18.2 Å². The average molecular weight is 429 g/mol. The second-order valence-corrected chi connectivity index (χ2v) is 8.01. The molecule has 3 aromatic rings. The van der Waals surface area contributed by atoms with E-state index >= 15 is 0 Å². The van der Waals surface area contributed by atoms with E-state index in [4.69, 9.17) is 0 Å². The van der Waals surface area contributed by atoms with Gasteiger partial charge in [0.05, 0.1) is 12.1 Å². The number of anilines is 1. The lowest BCUT2D eigenvalue weighted by molar-refractivity contribution is -0.137. The first-order valence-electron chi connectivity index (χ1n) is 10.7. The molecule has 0 aliphatic carbocycles. The topological polar surface area (TPSA) is 49.4 Å². The number of rotatable bonds is 6. The van der Waals surface area contributed by atoms with Crippen LogP contribution in [0.25, 0.3) is 5.57 Å². The Bertz CT molecular complexity index is 1230. The predicted octanol–water partition coefficient (Wildman–Crippen LogP) is 5.40. The molecule has 1 N–H and O–H groups in total. The first-order valence-corrected chi connectivity index (χ1v) is 10.7. The largest absolute Gasteiger partial charge is 0.350 e. The van der Waals surface area contributed by atoms with Gasteiger partial charge < -0.3 is 5.32 Å². The van der Waals surface area contributed by atoms with Crippen LogP contribution in [0.15, 0.2) is 72.4 Å². The number of hydrogen-bond acceptors (Lipinski definition) is 3. The molecule has 0 unspecified atom stereocenters. The van der Waals surface area contributed by atoms with E-state index in [1.807, 2.05) is 56.3 Å². The molecule has 1 aliphatic rings. The van der Waals surface area contributed by atoms with Crippen molar-refractivity contribution >= 4 is 23.1 Å². The van der Waals surface area contributed by atoms with E-state index in [9.17, 15) is 14.0 Å². The zero-order valence-electron chi connectivity index (χ0n) is 18.4. The summed E-state index contributed by atoms with van der Waals surface area (Å²) in [6, 6.07) is 19.6. The van der Waals surface area contributed by atoms with Crippen LogP contribution in [0.1, 0.15) is 34.7 Å². The highest BCUT2D eigenvalue weighted by Gasteiger charge is 2.39. The minimum Gasteiger partial charge on any atom is -0.350 e. The number of carbonyl (C=O) groups excluding carboxylic acids is 2. The molecule has 3 aromatic carbocycles. The van der Waals surface area contributed by atoms with Gasteiger partial charge in [-0.1, -0.05) is 55.5 Å². The maximum Gasteiger partial charge on any atom is 0.278 e. The summed E-state index contributed by atoms with van der Waals surface area (Å²) in [6.07, 6.45) is 0.907. The molecule has 4 nitrogen and oxygen atoms in total. The smallest absolute Gasteiger partial charge is 0.278 e. The molecule has 2 amide bonds. The molecule has 5 heteroatoms. The lowest BCUT2D eigenvalue weighted by Crippen LogP contribution is -2.32. The molecular weight excluding hydrogens is 403 g/mol. The first-order chi connectivity index (χ1) is 15.4. The zero-order chi connectivity index (χ0) is 22.8. The van der Waals surface area contributed by atoms with Crippen LogP contribution in [-0.4, -0.2) is 16.7 Å². The van der Waals surface area contributed by atoms with Gasteiger partial charge in [-0.05, 0) is 60.7 Å². The maximum absolute atomic E-state index is 14.3. The Morgan fingerprint density at radius 2 is 1.59 bits per heavy atom. The van der Waals surface area contributed by atoms with Crippen molar-refractivity contribution in [2.24, 2.45) is 0 Å². The molecule has 0 saturated carbocycles. The molecule has 0 spiro atoms. The third kappa shape index (κ3) is 4.06. The molecule has 4 rings (SSSR count). The minimum absolute atomic E-state index is 0.126. The SMILES string of the molecule is CCc1ccc(NC2=C(c3ccc(C)c(C)c3)C(=O)N(Cc3ccccc3F)C2=O)cc1. The van der Waals surface area contributed by atoms with Gasteiger partial charge in [-0.2, -0.15) is 0 Å². The fraction of sp³-hybridized carbons (Fsp3) is 0.185. The Kier molecular flexibility index (Phi) is 5.91. The second-order valence-electron chi connectivity index (χ2n) is 8.01. The summed E-state index contributed by atoms with van der Waals surface area (Å²) in [4.78, 5) is 27.9. The predicted molar refractivity (Wildman–Crippen MR) is 124 cm³/mol. The Balaban J connectivity index is 1.76. The first kappa shape index (κ1) is 21.5. The number of nitrogens with zero attached hydrogens (tertiary/aromatic N) is 1. The molecular formula is C27H25FN2O2. The van der Waals surface area contributed by atoms with Gasteiger partial charge in [0.15, 0.2) is 0 Å². The van der Waals surface area contributed by atoms with Crippen LogP contribution >= 0.6 is 0 Å². The van der Waals surface area contributed by atoms with Crippen molar-refractivity contribution in [3.05, 3.63) is 106 Å². The van der Waals surface area contributed by atoms with Crippen molar-refractivity contribution in [3.63, 3.8) is 0 Å². The van der Waals surface area contributed by atoms with Crippen molar-refractivity contribution in [2.75, 3.05) is 5.32 Å². The standard InChI is InChI=1S/C27H25FN2O2/c1-4-19-10-13-22(14-11-19)29-25-24(20-12-9-17(2)18(3)15-20)26(31)30(27(25)32)16-21-7-5-6-8-23(21)28/h5-15,29H,4,16H2,1-3H3. The number of halogens is 1. The minimum atomic E-state index is -0.467. The van der Waals surface area contributed by atoms with Gasteiger partial charge in [0, 0.05) is 11.3 Å². The van der Waals surface area contributed by atoms with Crippen molar-refractivity contribution < 1.29 is 14.0 Å².